The van der Waals surface area contributed by atoms with E-state index in [1.54, 1.807) is 32.2 Å². The number of halogens is 3. The normalized spacial score (nSPS) is 11.5. The van der Waals surface area contributed by atoms with Crippen LogP contribution in [0.4, 0.5) is 19.0 Å². The molecule has 4 aromatic rings. The fourth-order valence-corrected chi connectivity index (χ4v) is 3.15. The van der Waals surface area contributed by atoms with Crippen molar-refractivity contribution in [2.24, 2.45) is 0 Å². The molecule has 0 radical (unpaired) electrons. The molecule has 3 heterocycles. The Morgan fingerprint density at radius 2 is 1.97 bits per heavy atom. The molecular formula is C21H17F3N6O2. The molecule has 0 aliphatic heterocycles. The number of pyridine rings is 1. The molecule has 1 amide bonds. The minimum atomic E-state index is -4.72. The number of imidazole rings is 1. The first-order chi connectivity index (χ1) is 15.3. The number of carbonyl (C=O) groups is 1. The summed E-state index contributed by atoms with van der Waals surface area (Å²) >= 11 is 0. The lowest BCUT2D eigenvalue weighted by molar-refractivity contribution is -0.145. The third-order valence-electron chi connectivity index (χ3n) is 4.56. The highest BCUT2D eigenvalue weighted by molar-refractivity contribution is 6.04. The molecule has 0 unspecified atom stereocenters. The van der Waals surface area contributed by atoms with Crippen LogP contribution in [0.1, 0.15) is 28.7 Å². The van der Waals surface area contributed by atoms with Crippen LogP contribution in [0, 0.1) is 6.92 Å². The van der Waals surface area contributed by atoms with Crippen molar-refractivity contribution in [2.45, 2.75) is 20.0 Å². The lowest BCUT2D eigenvalue weighted by atomic mass is 10.1. The van der Waals surface area contributed by atoms with Gasteiger partial charge < -0.3 is 10.1 Å². The van der Waals surface area contributed by atoms with Gasteiger partial charge in [-0.05, 0) is 37.6 Å². The monoisotopic (exact) mass is 442 g/mol. The molecule has 0 aliphatic carbocycles. The molecule has 164 valence electrons. The number of carbonyl (C=O) groups excluding carboxylic acids is 1. The summed E-state index contributed by atoms with van der Waals surface area (Å²) in [5.74, 6) is -1.17. The molecule has 8 nitrogen and oxygen atoms in total. The first-order valence-electron chi connectivity index (χ1n) is 9.55. The molecule has 32 heavy (non-hydrogen) atoms. The van der Waals surface area contributed by atoms with Gasteiger partial charge in [0.1, 0.15) is 5.75 Å². The molecule has 4 rings (SSSR count). The van der Waals surface area contributed by atoms with Gasteiger partial charge in [0.15, 0.2) is 11.6 Å². The maximum absolute atomic E-state index is 13.7. The summed E-state index contributed by atoms with van der Waals surface area (Å²) < 4.78 is 47.2. The van der Waals surface area contributed by atoms with Crippen LogP contribution in [0.15, 0.2) is 49.1 Å². The SMILES string of the molecule is CCOc1ccc2c(c1)nc(C(F)(F)F)n2-c1cnc(NC(=O)c2ccncc2C)cn1. The van der Waals surface area contributed by atoms with E-state index in [1.807, 2.05) is 0 Å². The molecule has 0 spiro atoms. The Morgan fingerprint density at radius 3 is 2.62 bits per heavy atom. The van der Waals surface area contributed by atoms with Crippen LogP contribution in [0.5, 0.6) is 5.75 Å². The van der Waals surface area contributed by atoms with Gasteiger partial charge in [-0.3, -0.25) is 14.3 Å². The average molecular weight is 442 g/mol. The molecule has 0 aliphatic rings. The van der Waals surface area contributed by atoms with Gasteiger partial charge in [0.25, 0.3) is 5.91 Å². The highest BCUT2D eigenvalue weighted by atomic mass is 19.4. The van der Waals surface area contributed by atoms with Crippen LogP contribution >= 0.6 is 0 Å². The van der Waals surface area contributed by atoms with E-state index in [1.165, 1.54) is 24.5 Å². The predicted molar refractivity (Wildman–Crippen MR) is 110 cm³/mol. The van der Waals surface area contributed by atoms with Crippen LogP contribution in [-0.4, -0.2) is 37.0 Å². The number of anilines is 1. The summed E-state index contributed by atoms with van der Waals surface area (Å²) in [7, 11) is 0. The number of nitrogens with zero attached hydrogens (tertiary/aromatic N) is 5. The summed E-state index contributed by atoms with van der Waals surface area (Å²) in [6.45, 7) is 3.88. The predicted octanol–water partition coefficient (Wildman–Crippen LogP) is 4.19. The molecule has 3 aromatic heterocycles. The van der Waals surface area contributed by atoms with Crippen LogP contribution in [0.25, 0.3) is 16.9 Å². The number of nitrogens with one attached hydrogen (secondary N) is 1. The Balaban J connectivity index is 1.69. The Bertz CT molecular complexity index is 1290. The highest BCUT2D eigenvalue weighted by Crippen LogP contribution is 2.34. The van der Waals surface area contributed by atoms with E-state index >= 15 is 0 Å². The third-order valence-corrected chi connectivity index (χ3v) is 4.56. The Hall–Kier alpha value is -4.02. The number of rotatable bonds is 5. The van der Waals surface area contributed by atoms with Gasteiger partial charge in [-0.25, -0.2) is 15.0 Å². The number of hydrogen-bond donors (Lipinski definition) is 1. The molecule has 0 saturated carbocycles. The Kier molecular flexibility index (Phi) is 5.47. The first kappa shape index (κ1) is 21.2. The second kappa shape index (κ2) is 8.25. The van der Waals surface area contributed by atoms with E-state index in [-0.39, 0.29) is 22.7 Å². The second-order valence-corrected chi connectivity index (χ2v) is 6.76. The van der Waals surface area contributed by atoms with E-state index in [0.717, 1.165) is 10.8 Å². The summed E-state index contributed by atoms with van der Waals surface area (Å²) in [5.41, 5.74) is 1.37. The van der Waals surface area contributed by atoms with Crippen molar-refractivity contribution < 1.29 is 22.7 Å². The van der Waals surface area contributed by atoms with Crippen molar-refractivity contribution in [1.82, 2.24) is 24.5 Å². The maximum Gasteiger partial charge on any atom is 0.450 e. The quantitative estimate of drug-likeness (QED) is 0.498. The number of aryl methyl sites for hydroxylation is 1. The number of benzene rings is 1. The minimum absolute atomic E-state index is 0.0894. The van der Waals surface area contributed by atoms with Crippen molar-refractivity contribution >= 4 is 22.8 Å². The van der Waals surface area contributed by atoms with Crippen LogP contribution in [0.2, 0.25) is 0 Å². The fraction of sp³-hybridized carbons (Fsp3) is 0.190. The van der Waals surface area contributed by atoms with Crippen molar-refractivity contribution in [1.29, 1.82) is 0 Å². The van der Waals surface area contributed by atoms with Crippen molar-refractivity contribution in [3.63, 3.8) is 0 Å². The number of amides is 1. The Morgan fingerprint density at radius 1 is 1.16 bits per heavy atom. The highest BCUT2D eigenvalue weighted by Gasteiger charge is 2.38. The number of ether oxygens (including phenoxy) is 1. The van der Waals surface area contributed by atoms with E-state index < -0.39 is 17.9 Å². The second-order valence-electron chi connectivity index (χ2n) is 6.76. The van der Waals surface area contributed by atoms with Gasteiger partial charge in [0, 0.05) is 24.0 Å². The van der Waals surface area contributed by atoms with Gasteiger partial charge in [-0.15, -0.1) is 0 Å². The van der Waals surface area contributed by atoms with E-state index in [9.17, 15) is 18.0 Å². The molecule has 11 heteroatoms. The van der Waals surface area contributed by atoms with Crippen LogP contribution < -0.4 is 10.1 Å². The van der Waals surface area contributed by atoms with Crippen LogP contribution in [-0.2, 0) is 6.18 Å². The molecular weight excluding hydrogens is 425 g/mol. The maximum atomic E-state index is 13.7. The average Bonchev–Trinajstić information content (AvgIpc) is 3.14. The van der Waals surface area contributed by atoms with Gasteiger partial charge in [-0.1, -0.05) is 0 Å². The first-order valence-corrected chi connectivity index (χ1v) is 9.55. The molecule has 1 N–H and O–H groups in total. The summed E-state index contributed by atoms with van der Waals surface area (Å²) in [5, 5.41) is 2.57. The standard InChI is InChI=1S/C21H17F3N6O2/c1-3-32-13-4-5-16-15(8-13)28-20(21(22,23)24)30(16)18-11-26-17(10-27-18)29-19(31)14-6-7-25-9-12(14)2/h4-11H,3H2,1-2H3,(H,26,29,31). The summed E-state index contributed by atoms with van der Waals surface area (Å²) in [4.78, 5) is 28.2. The molecule has 0 atom stereocenters. The topological polar surface area (TPSA) is 94.8 Å². The molecule has 0 bridgehead atoms. The minimum Gasteiger partial charge on any atom is -0.494 e. The molecule has 0 fully saturated rings. The third kappa shape index (κ3) is 4.09. The lowest BCUT2D eigenvalue weighted by Crippen LogP contribution is -2.16. The summed E-state index contributed by atoms with van der Waals surface area (Å²) in [6, 6.07) is 6.02. The molecule has 0 saturated heterocycles. The number of fused-ring (bicyclic) bond motifs is 1. The van der Waals surface area contributed by atoms with Crippen LogP contribution in [0.3, 0.4) is 0 Å². The van der Waals surface area contributed by atoms with Crippen molar-refractivity contribution in [3.05, 3.63) is 66.0 Å². The number of aromatic nitrogens is 5. The van der Waals surface area contributed by atoms with Gasteiger partial charge in [0.05, 0.1) is 30.0 Å². The zero-order valence-corrected chi connectivity index (χ0v) is 17.0. The largest absolute Gasteiger partial charge is 0.494 e. The number of alkyl halides is 3. The van der Waals surface area contributed by atoms with Crippen molar-refractivity contribution in [3.8, 4) is 11.6 Å². The fourth-order valence-electron chi connectivity index (χ4n) is 3.15. The molecule has 1 aromatic carbocycles. The van der Waals surface area contributed by atoms with Crippen molar-refractivity contribution in [2.75, 3.05) is 11.9 Å². The van der Waals surface area contributed by atoms with Gasteiger partial charge in [0.2, 0.25) is 5.82 Å². The lowest BCUT2D eigenvalue weighted by Gasteiger charge is -2.11. The zero-order chi connectivity index (χ0) is 22.9. The zero-order valence-electron chi connectivity index (χ0n) is 17.0. The van der Waals surface area contributed by atoms with E-state index in [4.69, 9.17) is 4.74 Å². The number of hydrogen-bond acceptors (Lipinski definition) is 6. The van der Waals surface area contributed by atoms with E-state index in [2.05, 4.69) is 25.3 Å². The van der Waals surface area contributed by atoms with Gasteiger partial charge in [-0.2, -0.15) is 13.2 Å². The smallest absolute Gasteiger partial charge is 0.450 e. The van der Waals surface area contributed by atoms with Gasteiger partial charge >= 0.3 is 6.18 Å². The van der Waals surface area contributed by atoms with E-state index in [0.29, 0.717) is 23.5 Å². The Labute approximate surface area is 180 Å². The summed E-state index contributed by atoms with van der Waals surface area (Å²) in [6.07, 6.45) is 0.629.